The van der Waals surface area contributed by atoms with Gasteiger partial charge in [-0.3, -0.25) is 14.5 Å². The van der Waals surface area contributed by atoms with Crippen molar-refractivity contribution in [1.29, 1.82) is 0 Å². The van der Waals surface area contributed by atoms with Crippen molar-refractivity contribution in [1.82, 2.24) is 4.90 Å². The van der Waals surface area contributed by atoms with Crippen molar-refractivity contribution in [2.45, 2.75) is 28.5 Å². The summed E-state index contributed by atoms with van der Waals surface area (Å²) >= 11 is 8.76. The molecule has 2 saturated carbocycles. The van der Waals surface area contributed by atoms with Gasteiger partial charge in [-0.1, -0.05) is 31.9 Å². The number of imide groups is 1. The zero-order valence-electron chi connectivity index (χ0n) is 11.9. The van der Waals surface area contributed by atoms with Gasteiger partial charge in [-0.05, 0) is 36.7 Å². The van der Waals surface area contributed by atoms with Gasteiger partial charge in [0.25, 0.3) is 0 Å². The monoisotopic (exact) mass is 453 g/mol. The van der Waals surface area contributed by atoms with E-state index >= 15 is 0 Å². The molecule has 0 radical (unpaired) electrons. The lowest BCUT2D eigenvalue weighted by molar-refractivity contribution is -0.155. The number of rotatable bonds is 5. The van der Waals surface area contributed by atoms with E-state index in [4.69, 9.17) is 0 Å². The molecule has 1 N–H and O–H groups in total. The lowest BCUT2D eigenvalue weighted by Crippen LogP contribution is -2.46. The van der Waals surface area contributed by atoms with Crippen molar-refractivity contribution in [2.75, 3.05) is 12.0 Å². The van der Waals surface area contributed by atoms with Crippen LogP contribution in [0.3, 0.4) is 0 Å². The fourth-order valence-corrected chi connectivity index (χ4v) is 6.60. The first-order chi connectivity index (χ1) is 10.4. The summed E-state index contributed by atoms with van der Waals surface area (Å²) < 4.78 is 0. The molecular weight excluding hydrogens is 438 g/mol. The van der Waals surface area contributed by atoms with E-state index in [-0.39, 0.29) is 45.1 Å². The molecule has 122 valence electrons. The van der Waals surface area contributed by atoms with Gasteiger partial charge in [0.2, 0.25) is 11.8 Å². The van der Waals surface area contributed by atoms with Gasteiger partial charge >= 0.3 is 5.97 Å². The number of carbonyl (C=O) groups excluding carboxylic acids is 2. The zero-order chi connectivity index (χ0) is 16.2. The van der Waals surface area contributed by atoms with Crippen LogP contribution in [0.15, 0.2) is 0 Å². The van der Waals surface area contributed by atoms with Crippen LogP contribution in [-0.2, 0) is 14.4 Å². The van der Waals surface area contributed by atoms with Crippen LogP contribution in [0.25, 0.3) is 0 Å². The molecule has 3 aliphatic rings. The molecule has 1 aliphatic heterocycles. The SMILES string of the molecule is CSCC[C@H](C(=O)O)N1C(=O)[C@@H]2[C@@H]3C[C@H]([C@H](Br)[C@@H]3Br)[C@@H]2C1=O. The number of fused-ring (bicyclic) bond motifs is 5. The highest BCUT2D eigenvalue weighted by molar-refractivity contribution is 9.12. The van der Waals surface area contributed by atoms with Crippen LogP contribution in [-0.4, -0.2) is 55.5 Å². The van der Waals surface area contributed by atoms with Crippen LogP contribution in [0.5, 0.6) is 0 Å². The first-order valence-corrected chi connectivity index (χ1v) is 10.5. The topological polar surface area (TPSA) is 74.7 Å². The highest BCUT2D eigenvalue weighted by Crippen LogP contribution is 2.60. The van der Waals surface area contributed by atoms with E-state index in [9.17, 15) is 19.5 Å². The Bertz CT molecular complexity index is 499. The van der Waals surface area contributed by atoms with Crippen LogP contribution in [0.4, 0.5) is 0 Å². The Hall–Kier alpha value is -0.0800. The molecule has 1 saturated heterocycles. The number of alkyl halides is 2. The van der Waals surface area contributed by atoms with Crippen LogP contribution >= 0.6 is 43.6 Å². The minimum atomic E-state index is -1.09. The van der Waals surface area contributed by atoms with E-state index < -0.39 is 12.0 Å². The minimum absolute atomic E-state index is 0.121. The summed E-state index contributed by atoms with van der Waals surface area (Å²) in [4.78, 5) is 38.4. The van der Waals surface area contributed by atoms with E-state index in [0.29, 0.717) is 12.2 Å². The predicted octanol–water partition coefficient (Wildman–Crippen LogP) is 1.97. The maximum atomic E-state index is 12.7. The molecule has 2 aliphatic carbocycles. The molecule has 0 aromatic rings. The number of carboxylic acids is 1. The average Bonchev–Trinajstić information content (AvgIpc) is 3.06. The summed E-state index contributed by atoms with van der Waals surface area (Å²) in [5.41, 5.74) is 0. The second-order valence-electron chi connectivity index (χ2n) is 6.19. The van der Waals surface area contributed by atoms with Crippen molar-refractivity contribution in [2.24, 2.45) is 23.7 Å². The molecule has 1 heterocycles. The van der Waals surface area contributed by atoms with E-state index in [1.807, 2.05) is 6.26 Å². The molecule has 7 atom stereocenters. The van der Waals surface area contributed by atoms with E-state index in [1.165, 1.54) is 11.8 Å². The quantitative estimate of drug-likeness (QED) is 0.507. The second kappa shape index (κ2) is 6.09. The Labute approximate surface area is 149 Å². The number of amides is 2. The van der Waals surface area contributed by atoms with Crippen LogP contribution in [0, 0.1) is 23.7 Å². The molecule has 2 amide bonds. The van der Waals surface area contributed by atoms with Crippen LogP contribution in [0.1, 0.15) is 12.8 Å². The smallest absolute Gasteiger partial charge is 0.326 e. The van der Waals surface area contributed by atoms with Gasteiger partial charge in [0.15, 0.2) is 0 Å². The number of hydrogen-bond acceptors (Lipinski definition) is 4. The second-order valence-corrected chi connectivity index (χ2v) is 9.29. The highest BCUT2D eigenvalue weighted by atomic mass is 79.9. The number of aliphatic carboxylic acids is 1. The summed E-state index contributed by atoms with van der Waals surface area (Å²) in [6, 6.07) is -1.03. The van der Waals surface area contributed by atoms with E-state index in [1.54, 1.807) is 0 Å². The lowest BCUT2D eigenvalue weighted by Gasteiger charge is -2.28. The molecule has 3 rings (SSSR count). The van der Waals surface area contributed by atoms with E-state index in [0.717, 1.165) is 11.3 Å². The predicted molar refractivity (Wildman–Crippen MR) is 90.3 cm³/mol. The Balaban J connectivity index is 1.88. The first-order valence-electron chi connectivity index (χ1n) is 7.27. The van der Waals surface area contributed by atoms with Gasteiger partial charge in [0, 0.05) is 9.65 Å². The molecule has 0 spiro atoms. The largest absolute Gasteiger partial charge is 0.480 e. The zero-order valence-corrected chi connectivity index (χ0v) is 15.9. The van der Waals surface area contributed by atoms with Crippen molar-refractivity contribution in [3.8, 4) is 0 Å². The van der Waals surface area contributed by atoms with Gasteiger partial charge in [0.05, 0.1) is 11.8 Å². The Morgan fingerprint density at radius 1 is 1.27 bits per heavy atom. The lowest BCUT2D eigenvalue weighted by atomic mass is 9.81. The van der Waals surface area contributed by atoms with Crippen molar-refractivity contribution in [3.05, 3.63) is 0 Å². The van der Waals surface area contributed by atoms with Crippen LogP contribution in [0.2, 0.25) is 0 Å². The first kappa shape index (κ1) is 16.8. The molecule has 0 aromatic heterocycles. The molecule has 0 unspecified atom stereocenters. The Morgan fingerprint density at radius 3 is 2.18 bits per heavy atom. The van der Waals surface area contributed by atoms with Gasteiger partial charge < -0.3 is 5.11 Å². The summed E-state index contributed by atoms with van der Waals surface area (Å²) in [5, 5.41) is 9.44. The van der Waals surface area contributed by atoms with Gasteiger partial charge in [-0.15, -0.1) is 0 Å². The molecule has 22 heavy (non-hydrogen) atoms. The number of thioether (sulfide) groups is 1. The third-order valence-corrected chi connectivity index (χ3v) is 9.06. The van der Waals surface area contributed by atoms with Crippen molar-refractivity contribution >= 4 is 61.4 Å². The number of carbonyl (C=O) groups is 3. The minimum Gasteiger partial charge on any atom is -0.480 e. The van der Waals surface area contributed by atoms with Gasteiger partial charge in [0.1, 0.15) is 6.04 Å². The molecule has 3 fully saturated rings. The molecule has 0 aromatic carbocycles. The number of likely N-dealkylation sites (tertiary alicyclic amines) is 1. The maximum Gasteiger partial charge on any atom is 0.326 e. The van der Waals surface area contributed by atoms with Crippen molar-refractivity contribution < 1.29 is 19.5 Å². The fraction of sp³-hybridized carbons (Fsp3) is 0.786. The third-order valence-electron chi connectivity index (χ3n) is 5.21. The average molecular weight is 455 g/mol. The van der Waals surface area contributed by atoms with E-state index in [2.05, 4.69) is 31.9 Å². The van der Waals surface area contributed by atoms with Gasteiger partial charge in [-0.25, -0.2) is 4.79 Å². The number of hydrogen-bond donors (Lipinski definition) is 1. The fourth-order valence-electron chi connectivity index (χ4n) is 4.27. The standard InChI is InChI=1S/C14H17Br2NO4S/c1-22-3-2-7(14(20)21)17-12(18)8-5-4-6(9(8)13(17)19)11(16)10(5)15/h5-11H,2-4H2,1H3,(H,20,21)/t5-,6-,7+,8-,9+,10-,11+/m0/s1. The van der Waals surface area contributed by atoms with Gasteiger partial charge in [-0.2, -0.15) is 11.8 Å². The molecule has 2 bridgehead atoms. The summed E-state index contributed by atoms with van der Waals surface area (Å²) in [5.74, 6) is -1.47. The molecule has 5 nitrogen and oxygen atoms in total. The van der Waals surface area contributed by atoms with Crippen LogP contribution < -0.4 is 0 Å². The Kier molecular flexibility index (Phi) is 4.64. The maximum absolute atomic E-state index is 12.7. The normalized spacial score (nSPS) is 41.1. The summed E-state index contributed by atoms with van der Waals surface area (Å²) in [7, 11) is 0. The third kappa shape index (κ3) is 2.28. The van der Waals surface area contributed by atoms with Crippen molar-refractivity contribution in [3.63, 3.8) is 0 Å². The molecule has 8 heteroatoms. The number of halogens is 2. The summed E-state index contributed by atoms with van der Waals surface area (Å²) in [6.07, 6.45) is 3.04. The number of nitrogens with zero attached hydrogens (tertiary/aromatic N) is 1. The molecular formula is C14H17Br2NO4S. The highest BCUT2D eigenvalue weighted by Gasteiger charge is 2.67. The Morgan fingerprint density at radius 2 is 1.77 bits per heavy atom. The summed E-state index contributed by atoms with van der Waals surface area (Å²) in [6.45, 7) is 0. The number of carboxylic acid groups (broad SMARTS) is 1.